The number of thiophene rings is 1. The Morgan fingerprint density at radius 3 is 2.86 bits per heavy atom. The van der Waals surface area contributed by atoms with Crippen molar-refractivity contribution in [2.75, 3.05) is 6.54 Å². The molecule has 0 aliphatic rings. The summed E-state index contributed by atoms with van der Waals surface area (Å²) in [4.78, 5) is 17.1. The van der Waals surface area contributed by atoms with Crippen molar-refractivity contribution < 1.29 is 9.90 Å². The highest BCUT2D eigenvalue weighted by molar-refractivity contribution is 7.12. The molecule has 0 bridgehead atoms. The maximum atomic E-state index is 11.8. The summed E-state index contributed by atoms with van der Waals surface area (Å²) in [6.07, 6.45) is 4.33. The van der Waals surface area contributed by atoms with E-state index in [1.807, 2.05) is 16.8 Å². The molecule has 2 aromatic heterocycles. The summed E-state index contributed by atoms with van der Waals surface area (Å²) in [5.41, 5.74) is 0.843. The number of carbonyl (C=O) groups is 1. The molecule has 0 radical (unpaired) electrons. The van der Waals surface area contributed by atoms with E-state index in [-0.39, 0.29) is 17.9 Å². The number of hydrogen-bond donors (Lipinski definition) is 2. The van der Waals surface area contributed by atoms with Gasteiger partial charge in [-0.05, 0) is 28.5 Å². The van der Waals surface area contributed by atoms with E-state index in [4.69, 9.17) is 0 Å². The van der Waals surface area contributed by atoms with Crippen molar-refractivity contribution in [3.05, 3.63) is 44.5 Å². The highest BCUT2D eigenvalue weighted by Crippen LogP contribution is 2.27. The Labute approximate surface area is 138 Å². The highest BCUT2D eigenvalue weighted by Gasteiger charge is 2.17. The first-order valence-electron chi connectivity index (χ1n) is 6.98. The lowest BCUT2D eigenvalue weighted by molar-refractivity contribution is -0.116. The van der Waals surface area contributed by atoms with Crippen LogP contribution in [0.3, 0.4) is 0 Å². The quantitative estimate of drug-likeness (QED) is 0.823. The Morgan fingerprint density at radius 1 is 1.50 bits per heavy atom. The number of hydrogen-bond acceptors (Lipinski definition) is 5. The molecule has 0 saturated heterocycles. The third-order valence-electron chi connectivity index (χ3n) is 2.96. The van der Waals surface area contributed by atoms with E-state index in [1.54, 1.807) is 23.6 Å². The summed E-state index contributed by atoms with van der Waals surface area (Å²) in [7, 11) is 0. The molecule has 118 valence electrons. The van der Waals surface area contributed by atoms with Gasteiger partial charge in [0.1, 0.15) is 0 Å². The van der Waals surface area contributed by atoms with E-state index in [0.717, 1.165) is 15.4 Å². The zero-order chi connectivity index (χ0) is 16.2. The number of carbonyl (C=O) groups excluding carboxylic acids is 1. The second-order valence-electron chi connectivity index (χ2n) is 5.97. The summed E-state index contributed by atoms with van der Waals surface area (Å²) in [5, 5.41) is 17.4. The monoisotopic (exact) mass is 336 g/mol. The van der Waals surface area contributed by atoms with Gasteiger partial charge in [-0.3, -0.25) is 4.79 Å². The van der Waals surface area contributed by atoms with Crippen LogP contribution in [0.15, 0.2) is 29.1 Å². The molecule has 0 aliphatic carbocycles. The van der Waals surface area contributed by atoms with E-state index >= 15 is 0 Å². The molecule has 1 atom stereocenters. The fourth-order valence-corrected chi connectivity index (χ4v) is 3.29. The summed E-state index contributed by atoms with van der Waals surface area (Å²) in [6, 6.07) is 1.85. The van der Waals surface area contributed by atoms with Crippen LogP contribution in [-0.2, 0) is 10.2 Å². The van der Waals surface area contributed by atoms with Gasteiger partial charge in [0.15, 0.2) is 0 Å². The summed E-state index contributed by atoms with van der Waals surface area (Å²) in [5.74, 6) is -0.222. The summed E-state index contributed by atoms with van der Waals surface area (Å²) >= 11 is 3.10. The zero-order valence-corrected chi connectivity index (χ0v) is 14.5. The lowest BCUT2D eigenvalue weighted by Crippen LogP contribution is -2.26. The van der Waals surface area contributed by atoms with Gasteiger partial charge in [0, 0.05) is 29.1 Å². The standard InChI is InChI=1S/C16H20N2O2S2/c1-16(2,3)15-18-8-12(22-15)4-5-14(20)17-9-13(19)11-6-7-21-10-11/h4-8,10,13,19H,9H2,1-3H3,(H,17,20)/b5-4+. The van der Waals surface area contributed by atoms with Crippen LogP contribution in [0.5, 0.6) is 0 Å². The molecule has 1 unspecified atom stereocenters. The van der Waals surface area contributed by atoms with Crippen molar-refractivity contribution in [3.63, 3.8) is 0 Å². The molecule has 4 nitrogen and oxygen atoms in total. The third-order valence-corrected chi connectivity index (χ3v) is 5.05. The predicted octanol–water partition coefficient (Wildman–Crippen LogP) is 3.37. The van der Waals surface area contributed by atoms with Gasteiger partial charge >= 0.3 is 0 Å². The van der Waals surface area contributed by atoms with E-state index in [9.17, 15) is 9.90 Å². The molecular weight excluding hydrogens is 316 g/mol. The highest BCUT2D eigenvalue weighted by atomic mass is 32.1. The largest absolute Gasteiger partial charge is 0.387 e. The number of nitrogens with one attached hydrogen (secondary N) is 1. The van der Waals surface area contributed by atoms with Gasteiger partial charge in [-0.2, -0.15) is 11.3 Å². The number of nitrogens with zero attached hydrogens (tertiary/aromatic N) is 1. The van der Waals surface area contributed by atoms with Gasteiger partial charge in [-0.25, -0.2) is 4.98 Å². The lowest BCUT2D eigenvalue weighted by atomic mass is 9.98. The maximum absolute atomic E-state index is 11.8. The van der Waals surface area contributed by atoms with Gasteiger partial charge in [-0.15, -0.1) is 11.3 Å². The van der Waals surface area contributed by atoms with Crippen molar-refractivity contribution in [3.8, 4) is 0 Å². The van der Waals surface area contributed by atoms with Crippen molar-refractivity contribution in [1.29, 1.82) is 0 Å². The Balaban J connectivity index is 1.85. The predicted molar refractivity (Wildman–Crippen MR) is 92.1 cm³/mol. The minimum absolute atomic E-state index is 0.0175. The minimum Gasteiger partial charge on any atom is -0.387 e. The smallest absolute Gasteiger partial charge is 0.244 e. The summed E-state index contributed by atoms with van der Waals surface area (Å²) in [6.45, 7) is 6.53. The number of aliphatic hydroxyl groups excluding tert-OH is 1. The zero-order valence-electron chi connectivity index (χ0n) is 12.9. The van der Waals surface area contributed by atoms with Crippen LogP contribution < -0.4 is 5.32 Å². The number of rotatable bonds is 5. The van der Waals surface area contributed by atoms with E-state index in [0.29, 0.717) is 0 Å². The van der Waals surface area contributed by atoms with Crippen molar-refractivity contribution in [1.82, 2.24) is 10.3 Å². The van der Waals surface area contributed by atoms with Crippen LogP contribution in [0.25, 0.3) is 6.08 Å². The van der Waals surface area contributed by atoms with Gasteiger partial charge in [0.2, 0.25) is 5.91 Å². The molecule has 1 amide bonds. The van der Waals surface area contributed by atoms with Crippen LogP contribution in [0.2, 0.25) is 0 Å². The number of aliphatic hydroxyl groups is 1. The molecule has 2 aromatic rings. The van der Waals surface area contributed by atoms with Crippen molar-refractivity contribution >= 4 is 34.7 Å². The Hall–Kier alpha value is -1.50. The SMILES string of the molecule is CC(C)(C)c1ncc(/C=C/C(=O)NCC(O)c2ccsc2)s1. The van der Waals surface area contributed by atoms with Gasteiger partial charge in [-0.1, -0.05) is 20.8 Å². The minimum atomic E-state index is -0.667. The van der Waals surface area contributed by atoms with Gasteiger partial charge in [0.05, 0.1) is 11.1 Å². The number of amides is 1. The molecule has 0 aliphatic heterocycles. The Bertz CT molecular complexity index is 639. The van der Waals surface area contributed by atoms with Crippen LogP contribution >= 0.6 is 22.7 Å². The molecule has 2 rings (SSSR count). The average molecular weight is 336 g/mol. The van der Waals surface area contributed by atoms with E-state index < -0.39 is 6.10 Å². The van der Waals surface area contributed by atoms with Crippen molar-refractivity contribution in [2.45, 2.75) is 32.3 Å². The molecule has 0 saturated carbocycles. The molecule has 0 fully saturated rings. The first-order chi connectivity index (χ1) is 10.4. The van der Waals surface area contributed by atoms with Crippen LogP contribution in [0.1, 0.15) is 42.3 Å². The number of thiazole rings is 1. The first kappa shape index (κ1) is 16.9. The lowest BCUT2D eigenvalue weighted by Gasteiger charge is -2.13. The van der Waals surface area contributed by atoms with Crippen LogP contribution in [0, 0.1) is 0 Å². The molecule has 6 heteroatoms. The molecular formula is C16H20N2O2S2. The van der Waals surface area contributed by atoms with E-state index in [1.165, 1.54) is 17.4 Å². The Morgan fingerprint density at radius 2 is 2.27 bits per heavy atom. The fourth-order valence-electron chi connectivity index (χ4n) is 1.71. The molecule has 22 heavy (non-hydrogen) atoms. The molecule has 0 spiro atoms. The second kappa shape index (κ2) is 7.17. The second-order valence-corrected chi connectivity index (χ2v) is 7.81. The molecule has 0 aromatic carbocycles. The van der Waals surface area contributed by atoms with Crippen molar-refractivity contribution in [2.24, 2.45) is 0 Å². The average Bonchev–Trinajstić information content (AvgIpc) is 3.12. The van der Waals surface area contributed by atoms with Gasteiger partial charge < -0.3 is 10.4 Å². The van der Waals surface area contributed by atoms with Crippen LogP contribution in [0.4, 0.5) is 0 Å². The normalized spacial score (nSPS) is 13.5. The Kier molecular flexibility index (Phi) is 5.50. The van der Waals surface area contributed by atoms with Crippen LogP contribution in [-0.4, -0.2) is 22.5 Å². The van der Waals surface area contributed by atoms with Gasteiger partial charge in [0.25, 0.3) is 0 Å². The van der Waals surface area contributed by atoms with E-state index in [2.05, 4.69) is 31.1 Å². The summed E-state index contributed by atoms with van der Waals surface area (Å²) < 4.78 is 0. The molecule has 2 N–H and O–H groups in total. The fraction of sp³-hybridized carbons (Fsp3) is 0.375. The maximum Gasteiger partial charge on any atom is 0.244 e. The topological polar surface area (TPSA) is 62.2 Å². The first-order valence-corrected chi connectivity index (χ1v) is 8.74. The third kappa shape index (κ3) is 4.76. The molecule has 2 heterocycles. The number of aromatic nitrogens is 1.